The first-order chi connectivity index (χ1) is 5.24. The van der Waals surface area contributed by atoms with Crippen molar-refractivity contribution in [2.75, 3.05) is 0 Å². The molecular weight excluding hydrogens is 166 g/mol. The zero-order valence-corrected chi connectivity index (χ0v) is 6.28. The molecule has 0 N–H and O–H groups in total. The largest absolute Gasteiger partial charge is 0.269 e. The number of non-ortho nitro benzene ring substituents is 1. The Bertz CT molecular complexity index is 275. The molecule has 0 aromatic heterocycles. The minimum absolute atomic E-state index is 0.0550. The Morgan fingerprint density at radius 2 is 2.27 bits per heavy atom. The lowest BCUT2D eigenvalue weighted by atomic mass is 10.2. The average molecular weight is 171 g/mol. The van der Waals surface area contributed by atoms with Crippen molar-refractivity contribution >= 4 is 17.3 Å². The molecule has 11 heavy (non-hydrogen) atoms. The van der Waals surface area contributed by atoms with E-state index < -0.39 is 4.92 Å². The van der Waals surface area contributed by atoms with Crippen molar-refractivity contribution in [2.24, 2.45) is 0 Å². The van der Waals surface area contributed by atoms with Gasteiger partial charge in [-0.05, 0) is 5.56 Å². The molecule has 1 rings (SSSR count). The average Bonchev–Trinajstić information content (AvgIpc) is 2.05. The van der Waals surface area contributed by atoms with E-state index in [1.165, 1.54) is 18.0 Å². The fourth-order valence-electron chi connectivity index (χ4n) is 0.706. The van der Waals surface area contributed by atoms with E-state index in [0.717, 1.165) is 0 Å². The van der Waals surface area contributed by atoms with Crippen LogP contribution in [-0.2, 0) is 0 Å². The van der Waals surface area contributed by atoms with Crippen molar-refractivity contribution < 1.29 is 4.92 Å². The molecule has 0 bridgehead atoms. The fourth-order valence-corrected chi connectivity index (χ4v) is 0.842. The minimum Gasteiger partial charge on any atom is -0.258 e. The Morgan fingerprint density at radius 3 is 2.82 bits per heavy atom. The minimum atomic E-state index is -0.454. The van der Waals surface area contributed by atoms with Crippen LogP contribution in [0, 0.1) is 16.0 Å². The number of nitro benzene ring substituents is 1. The first-order valence-corrected chi connectivity index (χ1v) is 3.35. The number of nitrogens with zero attached hydrogens (tertiary/aromatic N) is 1. The van der Waals surface area contributed by atoms with Gasteiger partial charge < -0.3 is 0 Å². The van der Waals surface area contributed by atoms with Crippen LogP contribution >= 0.6 is 11.6 Å². The monoisotopic (exact) mass is 170 g/mol. The van der Waals surface area contributed by atoms with Crippen molar-refractivity contribution in [1.82, 2.24) is 0 Å². The highest BCUT2D eigenvalue weighted by atomic mass is 35.5. The second-order valence-corrected chi connectivity index (χ2v) is 2.18. The SMILES string of the molecule is O=[N+]([O-])c1cccc([CH]Cl)c1. The molecule has 0 saturated heterocycles. The third-order valence-electron chi connectivity index (χ3n) is 1.21. The summed E-state index contributed by atoms with van der Waals surface area (Å²) in [5.74, 6) is 1.30. The third kappa shape index (κ3) is 1.91. The molecule has 0 aliphatic carbocycles. The predicted molar refractivity (Wildman–Crippen MR) is 42.4 cm³/mol. The second kappa shape index (κ2) is 3.34. The molecule has 1 aromatic rings. The summed E-state index contributed by atoms with van der Waals surface area (Å²) in [6.45, 7) is 0. The Morgan fingerprint density at radius 1 is 1.55 bits per heavy atom. The van der Waals surface area contributed by atoms with Gasteiger partial charge in [0.1, 0.15) is 0 Å². The first-order valence-electron chi connectivity index (χ1n) is 2.92. The summed E-state index contributed by atoms with van der Waals surface area (Å²) in [5, 5.41) is 10.2. The lowest BCUT2D eigenvalue weighted by molar-refractivity contribution is -0.384. The van der Waals surface area contributed by atoms with E-state index in [4.69, 9.17) is 11.6 Å². The summed E-state index contributed by atoms with van der Waals surface area (Å²) in [6.07, 6.45) is 0. The van der Waals surface area contributed by atoms with Crippen LogP contribution in [-0.4, -0.2) is 4.92 Å². The lowest BCUT2D eigenvalue weighted by Crippen LogP contribution is -1.87. The Kier molecular flexibility index (Phi) is 2.44. The molecule has 0 saturated carbocycles. The second-order valence-electron chi connectivity index (χ2n) is 1.96. The number of hydrogen-bond acceptors (Lipinski definition) is 2. The Hall–Kier alpha value is -1.09. The summed E-state index contributed by atoms with van der Waals surface area (Å²) in [5.41, 5.74) is 0.695. The maximum absolute atomic E-state index is 10.2. The fraction of sp³-hybridized carbons (Fsp3) is 0. The van der Waals surface area contributed by atoms with Crippen molar-refractivity contribution in [2.45, 2.75) is 0 Å². The molecule has 0 fully saturated rings. The van der Waals surface area contributed by atoms with Crippen molar-refractivity contribution in [3.8, 4) is 0 Å². The van der Waals surface area contributed by atoms with Gasteiger partial charge in [0.2, 0.25) is 0 Å². The van der Waals surface area contributed by atoms with E-state index in [1.807, 2.05) is 0 Å². The number of nitro groups is 1. The standard InChI is InChI=1S/C7H5ClNO2/c8-5-6-2-1-3-7(4-6)9(10)11/h1-5H. The number of halogens is 1. The van der Waals surface area contributed by atoms with E-state index in [2.05, 4.69) is 0 Å². The van der Waals surface area contributed by atoms with Gasteiger partial charge in [-0.2, -0.15) is 0 Å². The van der Waals surface area contributed by atoms with Gasteiger partial charge in [0.05, 0.1) is 10.8 Å². The summed E-state index contributed by atoms with van der Waals surface area (Å²) < 4.78 is 0. The molecule has 0 unspecified atom stereocenters. The molecular formula is C7H5ClNO2. The maximum Gasteiger partial charge on any atom is 0.269 e. The molecule has 0 atom stereocenters. The molecule has 4 heteroatoms. The molecule has 0 aliphatic rings. The van der Waals surface area contributed by atoms with Crippen LogP contribution in [0.25, 0.3) is 0 Å². The summed E-state index contributed by atoms with van der Waals surface area (Å²) in [7, 11) is 0. The summed E-state index contributed by atoms with van der Waals surface area (Å²) in [6, 6.07) is 6.11. The lowest BCUT2D eigenvalue weighted by Gasteiger charge is -1.92. The first kappa shape index (κ1) is 8.01. The normalized spacial score (nSPS) is 9.55. The van der Waals surface area contributed by atoms with Gasteiger partial charge in [0.15, 0.2) is 0 Å². The van der Waals surface area contributed by atoms with E-state index >= 15 is 0 Å². The van der Waals surface area contributed by atoms with Crippen LogP contribution in [0.15, 0.2) is 24.3 Å². The van der Waals surface area contributed by atoms with E-state index in [0.29, 0.717) is 5.56 Å². The van der Waals surface area contributed by atoms with Crippen LogP contribution in [0.2, 0.25) is 0 Å². The number of rotatable bonds is 2. The molecule has 0 aliphatic heterocycles. The van der Waals surface area contributed by atoms with Gasteiger partial charge in [-0.15, -0.1) is 11.6 Å². The van der Waals surface area contributed by atoms with E-state index in [1.54, 1.807) is 12.1 Å². The highest BCUT2D eigenvalue weighted by Crippen LogP contribution is 2.14. The Labute approximate surface area is 68.8 Å². The highest BCUT2D eigenvalue weighted by molar-refractivity contribution is 6.25. The van der Waals surface area contributed by atoms with Gasteiger partial charge in [0.25, 0.3) is 5.69 Å². The molecule has 0 heterocycles. The van der Waals surface area contributed by atoms with Crippen LogP contribution < -0.4 is 0 Å². The summed E-state index contributed by atoms with van der Waals surface area (Å²) in [4.78, 5) is 9.76. The maximum atomic E-state index is 10.2. The van der Waals surface area contributed by atoms with Gasteiger partial charge in [-0.1, -0.05) is 12.1 Å². The van der Waals surface area contributed by atoms with Gasteiger partial charge in [-0.3, -0.25) is 10.1 Å². The molecule has 1 radical (unpaired) electrons. The zero-order valence-electron chi connectivity index (χ0n) is 5.53. The smallest absolute Gasteiger partial charge is 0.258 e. The zero-order chi connectivity index (χ0) is 8.27. The van der Waals surface area contributed by atoms with Gasteiger partial charge in [0, 0.05) is 12.1 Å². The predicted octanol–water partition coefficient (Wildman–Crippen LogP) is 2.34. The molecule has 1 aromatic carbocycles. The molecule has 0 spiro atoms. The van der Waals surface area contributed by atoms with Gasteiger partial charge in [-0.25, -0.2) is 0 Å². The van der Waals surface area contributed by atoms with Crippen molar-refractivity contribution in [3.05, 3.63) is 45.8 Å². The van der Waals surface area contributed by atoms with Crippen LogP contribution in [0.4, 0.5) is 5.69 Å². The molecule has 3 nitrogen and oxygen atoms in total. The van der Waals surface area contributed by atoms with Crippen LogP contribution in [0.3, 0.4) is 0 Å². The quantitative estimate of drug-likeness (QED) is 0.505. The van der Waals surface area contributed by atoms with Gasteiger partial charge >= 0.3 is 0 Å². The number of hydrogen-bond donors (Lipinski definition) is 0. The summed E-state index contributed by atoms with van der Waals surface area (Å²) >= 11 is 5.36. The Balaban J connectivity index is 3.01. The van der Waals surface area contributed by atoms with E-state index in [9.17, 15) is 10.1 Å². The van der Waals surface area contributed by atoms with E-state index in [-0.39, 0.29) is 5.69 Å². The highest BCUT2D eigenvalue weighted by Gasteiger charge is 2.03. The molecule has 57 valence electrons. The van der Waals surface area contributed by atoms with Crippen molar-refractivity contribution in [1.29, 1.82) is 0 Å². The topological polar surface area (TPSA) is 43.1 Å². The molecule has 0 amide bonds. The van der Waals surface area contributed by atoms with Crippen LogP contribution in [0.1, 0.15) is 5.56 Å². The van der Waals surface area contributed by atoms with Crippen LogP contribution in [0.5, 0.6) is 0 Å². The number of benzene rings is 1. The van der Waals surface area contributed by atoms with Crippen molar-refractivity contribution in [3.63, 3.8) is 0 Å². The third-order valence-corrected chi connectivity index (χ3v) is 1.46.